The molecule has 3 heteroatoms. The van der Waals surface area contributed by atoms with E-state index in [1.165, 1.54) is 66.8 Å². The van der Waals surface area contributed by atoms with Crippen LogP contribution in [0.15, 0.2) is 243 Å². The van der Waals surface area contributed by atoms with Crippen molar-refractivity contribution < 1.29 is 0 Å². The summed E-state index contributed by atoms with van der Waals surface area (Å²) in [6, 6.07) is 88.3. The zero-order valence-electron chi connectivity index (χ0n) is 40.1. The molecule has 0 radical (unpaired) electrons. The summed E-state index contributed by atoms with van der Waals surface area (Å²) in [7, 11) is 0. The van der Waals surface area contributed by atoms with E-state index in [-0.39, 0.29) is 5.41 Å². The second-order valence-corrected chi connectivity index (χ2v) is 20.0. The highest BCUT2D eigenvalue weighted by Gasteiger charge is 2.52. The van der Waals surface area contributed by atoms with Gasteiger partial charge in [-0.2, -0.15) is 0 Å². The lowest BCUT2D eigenvalue weighted by Crippen LogP contribution is -2.26. The van der Waals surface area contributed by atoms with Gasteiger partial charge in [0, 0.05) is 44.8 Å². The maximum atomic E-state index is 10.1. The molecule has 0 saturated heterocycles. The number of hydrogen-bond acceptors (Lipinski definition) is 3. The van der Waals surface area contributed by atoms with Gasteiger partial charge in [0.05, 0.1) is 22.5 Å². The second kappa shape index (κ2) is 16.0. The van der Waals surface area contributed by atoms with Crippen LogP contribution in [0.3, 0.4) is 0 Å². The van der Waals surface area contributed by atoms with E-state index in [1.807, 2.05) is 36.4 Å². The van der Waals surface area contributed by atoms with Crippen molar-refractivity contribution in [1.29, 1.82) is 5.41 Å². The van der Waals surface area contributed by atoms with E-state index in [0.717, 1.165) is 61.8 Å². The molecule has 4 aliphatic rings. The predicted molar refractivity (Wildman–Crippen MR) is 299 cm³/mol. The van der Waals surface area contributed by atoms with Gasteiger partial charge in [0.1, 0.15) is 0 Å². The van der Waals surface area contributed by atoms with Crippen molar-refractivity contribution in [3.63, 3.8) is 0 Å². The number of benzene rings is 10. The standard InChI is InChI=1S/C69H49N3/c1-68(2)56-31-16-12-27-50(56)53-40-39-49(43-61(53)68)72(63-36-20-35-60-65(63)54-30-15-19-34-59(54)69(60)57-32-17-13-28-51(57)52-29-14-18-33-58(52)69)48-38-37-47-41-62(44-21-6-3-7-22-44)71-67(55(47)42-48)64(45-23-8-4-9-24-45)66(70)46-25-10-5-11-26-46/h3-43,70-71H,1-2H3/b67-64-,70-66?. The SMILES string of the molecule is CC1(C)c2ccccc2-c2ccc(N(c3ccc4c(c3)/C(=C(/C(=N)c3ccccc3)c3ccccc3)NC(c3ccccc3)=C4)c3cccc4c3-c3ccccc3C43c4ccccc4-c4ccccc43)cc21. The van der Waals surface area contributed by atoms with E-state index in [2.05, 4.69) is 236 Å². The van der Waals surface area contributed by atoms with Gasteiger partial charge in [-0.1, -0.05) is 226 Å². The van der Waals surface area contributed by atoms with Gasteiger partial charge in [0.15, 0.2) is 0 Å². The Morgan fingerprint density at radius 1 is 0.417 bits per heavy atom. The quantitative estimate of drug-likeness (QED) is 0.156. The van der Waals surface area contributed by atoms with Crippen molar-refractivity contribution in [2.75, 3.05) is 4.90 Å². The molecular weight excluding hydrogens is 871 g/mol. The monoisotopic (exact) mass is 919 g/mol. The molecule has 0 unspecified atom stereocenters. The minimum atomic E-state index is -0.501. The van der Waals surface area contributed by atoms with Crippen LogP contribution in [0, 0.1) is 5.41 Å². The molecule has 2 N–H and O–H groups in total. The van der Waals surface area contributed by atoms with Crippen molar-refractivity contribution in [1.82, 2.24) is 5.32 Å². The third-order valence-corrected chi connectivity index (χ3v) is 15.9. The Balaban J connectivity index is 1.06. The van der Waals surface area contributed by atoms with Gasteiger partial charge in [-0.25, -0.2) is 0 Å². The average molecular weight is 920 g/mol. The van der Waals surface area contributed by atoms with E-state index < -0.39 is 5.41 Å². The largest absolute Gasteiger partial charge is 0.354 e. The molecular formula is C69H49N3. The zero-order chi connectivity index (χ0) is 48.1. The molecule has 10 aromatic carbocycles. The maximum absolute atomic E-state index is 10.1. The number of nitrogens with zero attached hydrogens (tertiary/aromatic N) is 1. The Hall–Kier alpha value is -9.05. The number of allylic oxidation sites excluding steroid dienone is 1. The van der Waals surface area contributed by atoms with Gasteiger partial charge in [0.2, 0.25) is 0 Å². The molecule has 1 heterocycles. The molecule has 0 fully saturated rings. The van der Waals surface area contributed by atoms with E-state index in [1.54, 1.807) is 0 Å². The predicted octanol–water partition coefficient (Wildman–Crippen LogP) is 16.8. The van der Waals surface area contributed by atoms with Crippen molar-refractivity contribution in [3.8, 4) is 33.4 Å². The summed E-state index contributed by atoms with van der Waals surface area (Å²) in [5, 5.41) is 14.0. The molecule has 1 spiro atoms. The molecule has 0 saturated carbocycles. The van der Waals surface area contributed by atoms with Gasteiger partial charge in [-0.15, -0.1) is 0 Å². The lowest BCUT2D eigenvalue weighted by molar-refractivity contribution is 0.660. The van der Waals surface area contributed by atoms with Gasteiger partial charge in [-0.3, -0.25) is 5.41 Å². The van der Waals surface area contributed by atoms with Crippen LogP contribution in [0.2, 0.25) is 0 Å². The summed E-state index contributed by atoms with van der Waals surface area (Å²) >= 11 is 0. The van der Waals surface area contributed by atoms with E-state index in [4.69, 9.17) is 0 Å². The first kappa shape index (κ1) is 41.9. The summed E-state index contributed by atoms with van der Waals surface area (Å²) in [6.45, 7) is 4.73. The lowest BCUT2D eigenvalue weighted by atomic mass is 9.70. The first-order valence-corrected chi connectivity index (χ1v) is 25.0. The molecule has 0 bridgehead atoms. The average Bonchev–Trinajstić information content (AvgIpc) is 4.00. The van der Waals surface area contributed by atoms with E-state index >= 15 is 0 Å². The third kappa shape index (κ3) is 6.01. The second-order valence-electron chi connectivity index (χ2n) is 20.0. The first-order chi connectivity index (χ1) is 35.4. The highest BCUT2D eigenvalue weighted by atomic mass is 15.1. The fraction of sp³-hybridized carbons (Fsp3) is 0.0580. The molecule has 0 aromatic heterocycles. The Kier molecular flexibility index (Phi) is 9.30. The van der Waals surface area contributed by atoms with Crippen molar-refractivity contribution >= 4 is 45.8 Å². The summed E-state index contributed by atoms with van der Waals surface area (Å²) < 4.78 is 0. The normalized spacial score (nSPS) is 15.2. The number of fused-ring (bicyclic) bond motifs is 14. The Morgan fingerprint density at radius 3 is 1.58 bits per heavy atom. The van der Waals surface area contributed by atoms with Crippen LogP contribution in [0.1, 0.15) is 75.0 Å². The molecule has 14 rings (SSSR count). The van der Waals surface area contributed by atoms with Crippen LogP contribution in [-0.4, -0.2) is 5.71 Å². The summed E-state index contributed by atoms with van der Waals surface area (Å²) in [4.78, 5) is 2.51. The third-order valence-electron chi connectivity index (χ3n) is 15.9. The Labute approximate surface area is 421 Å². The number of rotatable bonds is 7. The van der Waals surface area contributed by atoms with Gasteiger partial charge < -0.3 is 10.2 Å². The summed E-state index contributed by atoms with van der Waals surface area (Å²) in [5.74, 6) is 0. The van der Waals surface area contributed by atoms with Gasteiger partial charge >= 0.3 is 0 Å². The smallest absolute Gasteiger partial charge is 0.0726 e. The molecule has 340 valence electrons. The topological polar surface area (TPSA) is 39.1 Å². The Morgan fingerprint density at radius 2 is 0.917 bits per heavy atom. The number of anilines is 3. The van der Waals surface area contributed by atoms with Crippen molar-refractivity contribution in [3.05, 3.63) is 304 Å². The van der Waals surface area contributed by atoms with Crippen LogP contribution in [0.25, 0.3) is 56.4 Å². The minimum absolute atomic E-state index is 0.211. The molecule has 10 aromatic rings. The molecule has 72 heavy (non-hydrogen) atoms. The summed E-state index contributed by atoms with van der Waals surface area (Å²) in [5.41, 5.74) is 26.2. The first-order valence-electron chi connectivity index (χ1n) is 25.0. The number of hydrogen-bond donors (Lipinski definition) is 2. The molecule has 1 aliphatic heterocycles. The molecule has 0 amide bonds. The highest BCUT2D eigenvalue weighted by Crippen LogP contribution is 2.65. The van der Waals surface area contributed by atoms with Crippen molar-refractivity contribution in [2.45, 2.75) is 24.7 Å². The van der Waals surface area contributed by atoms with Crippen molar-refractivity contribution in [2.24, 2.45) is 0 Å². The highest BCUT2D eigenvalue weighted by molar-refractivity contribution is 6.36. The molecule has 3 nitrogen and oxygen atoms in total. The van der Waals surface area contributed by atoms with Crippen LogP contribution in [0.4, 0.5) is 17.1 Å². The fourth-order valence-electron chi connectivity index (χ4n) is 12.7. The van der Waals surface area contributed by atoms with Crippen LogP contribution in [-0.2, 0) is 10.8 Å². The zero-order valence-corrected chi connectivity index (χ0v) is 40.1. The maximum Gasteiger partial charge on any atom is 0.0726 e. The molecule has 0 atom stereocenters. The van der Waals surface area contributed by atoms with E-state index in [0.29, 0.717) is 5.71 Å². The molecule has 3 aliphatic carbocycles. The minimum Gasteiger partial charge on any atom is -0.354 e. The Bertz CT molecular complexity index is 3890. The van der Waals surface area contributed by atoms with Crippen LogP contribution >= 0.6 is 0 Å². The number of nitrogens with one attached hydrogen (secondary N) is 2. The van der Waals surface area contributed by atoms with Gasteiger partial charge in [-0.05, 0) is 114 Å². The fourth-order valence-corrected chi connectivity index (χ4v) is 12.7. The van der Waals surface area contributed by atoms with Crippen LogP contribution < -0.4 is 10.2 Å². The van der Waals surface area contributed by atoms with Crippen LogP contribution in [0.5, 0.6) is 0 Å². The van der Waals surface area contributed by atoms with E-state index in [9.17, 15) is 5.41 Å². The lowest BCUT2D eigenvalue weighted by Gasteiger charge is -2.33. The van der Waals surface area contributed by atoms with Gasteiger partial charge in [0.25, 0.3) is 0 Å². The summed E-state index contributed by atoms with van der Waals surface area (Å²) in [6.07, 6.45) is 2.27.